The van der Waals surface area contributed by atoms with Crippen LogP contribution in [0.1, 0.15) is 15.9 Å². The van der Waals surface area contributed by atoms with Crippen LogP contribution in [0.25, 0.3) is 0 Å². The van der Waals surface area contributed by atoms with E-state index in [1.807, 2.05) is 0 Å². The lowest BCUT2D eigenvalue weighted by Gasteiger charge is -2.09. The maximum atomic E-state index is 13.4. The van der Waals surface area contributed by atoms with Crippen LogP contribution in [0.2, 0.25) is 0 Å². The van der Waals surface area contributed by atoms with Crippen LogP contribution in [-0.2, 0) is 6.61 Å². The van der Waals surface area contributed by atoms with Crippen LogP contribution in [0.3, 0.4) is 0 Å². The van der Waals surface area contributed by atoms with E-state index < -0.39 is 5.91 Å². The van der Waals surface area contributed by atoms with E-state index in [-0.39, 0.29) is 12.4 Å². The van der Waals surface area contributed by atoms with Gasteiger partial charge < -0.3 is 10.5 Å². The molecule has 0 aromatic heterocycles. The summed E-state index contributed by atoms with van der Waals surface area (Å²) in [5.74, 6) is -0.304. The SMILES string of the molecule is NC(=O)c1ccc(OCc2ccccc2F)c(Br)c1. The van der Waals surface area contributed by atoms with E-state index in [1.165, 1.54) is 6.07 Å². The average Bonchev–Trinajstić information content (AvgIpc) is 2.39. The molecule has 0 saturated heterocycles. The first-order valence-corrected chi connectivity index (χ1v) is 6.33. The molecule has 0 saturated carbocycles. The number of benzene rings is 2. The summed E-state index contributed by atoms with van der Waals surface area (Å²) >= 11 is 3.28. The van der Waals surface area contributed by atoms with Crippen molar-refractivity contribution >= 4 is 21.8 Å². The Morgan fingerprint density at radius 1 is 1.26 bits per heavy atom. The number of primary amides is 1. The van der Waals surface area contributed by atoms with Crippen LogP contribution in [-0.4, -0.2) is 5.91 Å². The third-order valence-corrected chi connectivity index (χ3v) is 3.18. The predicted octanol–water partition coefficient (Wildman–Crippen LogP) is 3.27. The molecule has 2 aromatic rings. The lowest BCUT2D eigenvalue weighted by atomic mass is 10.2. The summed E-state index contributed by atoms with van der Waals surface area (Å²) in [7, 11) is 0. The van der Waals surface area contributed by atoms with E-state index in [9.17, 15) is 9.18 Å². The summed E-state index contributed by atoms with van der Waals surface area (Å²) in [6, 6.07) is 11.1. The van der Waals surface area contributed by atoms with Gasteiger partial charge in [-0.2, -0.15) is 0 Å². The van der Waals surface area contributed by atoms with E-state index in [2.05, 4.69) is 15.9 Å². The highest BCUT2D eigenvalue weighted by Gasteiger charge is 2.07. The number of halogens is 2. The van der Waals surface area contributed by atoms with Gasteiger partial charge in [-0.3, -0.25) is 4.79 Å². The molecule has 0 unspecified atom stereocenters. The Bertz CT molecular complexity index is 616. The fraction of sp³-hybridized carbons (Fsp3) is 0.0714. The predicted molar refractivity (Wildman–Crippen MR) is 73.4 cm³/mol. The Morgan fingerprint density at radius 2 is 2.00 bits per heavy atom. The van der Waals surface area contributed by atoms with Crippen molar-refractivity contribution < 1.29 is 13.9 Å². The second kappa shape index (κ2) is 5.84. The number of hydrogen-bond donors (Lipinski definition) is 1. The first kappa shape index (κ1) is 13.5. The normalized spacial score (nSPS) is 10.2. The lowest BCUT2D eigenvalue weighted by Crippen LogP contribution is -2.10. The average molecular weight is 324 g/mol. The van der Waals surface area contributed by atoms with E-state index in [0.29, 0.717) is 21.3 Å². The van der Waals surface area contributed by atoms with Gasteiger partial charge in [0.2, 0.25) is 5.91 Å². The highest BCUT2D eigenvalue weighted by Crippen LogP contribution is 2.27. The maximum absolute atomic E-state index is 13.4. The first-order chi connectivity index (χ1) is 9.08. The zero-order valence-electron chi connectivity index (χ0n) is 9.90. The molecule has 1 amide bonds. The molecule has 5 heteroatoms. The van der Waals surface area contributed by atoms with Crippen molar-refractivity contribution in [3.8, 4) is 5.75 Å². The molecule has 0 atom stereocenters. The van der Waals surface area contributed by atoms with Crippen LogP contribution in [0, 0.1) is 5.82 Å². The topological polar surface area (TPSA) is 52.3 Å². The number of carbonyl (C=O) groups is 1. The van der Waals surface area contributed by atoms with Gasteiger partial charge in [0.25, 0.3) is 0 Å². The minimum absolute atomic E-state index is 0.112. The fourth-order valence-electron chi connectivity index (χ4n) is 1.54. The third kappa shape index (κ3) is 3.32. The zero-order chi connectivity index (χ0) is 13.8. The summed E-state index contributed by atoms with van der Waals surface area (Å²) in [6.07, 6.45) is 0. The molecule has 0 fully saturated rings. The summed E-state index contributed by atoms with van der Waals surface area (Å²) in [5, 5.41) is 0. The molecule has 0 aliphatic carbocycles. The minimum Gasteiger partial charge on any atom is -0.488 e. The monoisotopic (exact) mass is 323 g/mol. The Morgan fingerprint density at radius 3 is 2.63 bits per heavy atom. The molecule has 0 bridgehead atoms. The second-order valence-corrected chi connectivity index (χ2v) is 4.74. The van der Waals surface area contributed by atoms with Gasteiger partial charge in [0.1, 0.15) is 18.2 Å². The fourth-order valence-corrected chi connectivity index (χ4v) is 2.04. The number of ether oxygens (including phenoxy) is 1. The maximum Gasteiger partial charge on any atom is 0.248 e. The Balaban J connectivity index is 2.12. The van der Waals surface area contributed by atoms with Crippen molar-refractivity contribution in [2.45, 2.75) is 6.61 Å². The Kier molecular flexibility index (Phi) is 4.16. The summed E-state index contributed by atoms with van der Waals surface area (Å²) in [6.45, 7) is 0.112. The molecule has 2 rings (SSSR count). The standard InChI is InChI=1S/C14H11BrFNO2/c15-11-7-9(14(17)18)5-6-13(11)19-8-10-3-1-2-4-12(10)16/h1-7H,8H2,(H2,17,18). The molecular weight excluding hydrogens is 313 g/mol. The van der Waals surface area contributed by atoms with Gasteiger partial charge in [-0.25, -0.2) is 4.39 Å². The molecule has 2 aromatic carbocycles. The minimum atomic E-state index is -0.513. The van der Waals surface area contributed by atoms with E-state index in [1.54, 1.807) is 36.4 Å². The van der Waals surface area contributed by atoms with Crippen molar-refractivity contribution in [3.05, 3.63) is 63.9 Å². The van der Waals surface area contributed by atoms with Gasteiger partial charge in [0.05, 0.1) is 4.47 Å². The molecule has 0 radical (unpaired) electrons. The van der Waals surface area contributed by atoms with Crippen molar-refractivity contribution in [2.75, 3.05) is 0 Å². The van der Waals surface area contributed by atoms with Gasteiger partial charge in [-0.15, -0.1) is 0 Å². The van der Waals surface area contributed by atoms with Crippen LogP contribution in [0.15, 0.2) is 46.9 Å². The van der Waals surface area contributed by atoms with Crippen molar-refractivity contribution in [1.29, 1.82) is 0 Å². The smallest absolute Gasteiger partial charge is 0.248 e. The third-order valence-electron chi connectivity index (χ3n) is 2.56. The second-order valence-electron chi connectivity index (χ2n) is 3.89. The number of carbonyl (C=O) groups excluding carboxylic acids is 1. The largest absolute Gasteiger partial charge is 0.488 e. The molecule has 0 aliphatic heterocycles. The molecule has 3 nitrogen and oxygen atoms in total. The van der Waals surface area contributed by atoms with Crippen LogP contribution in [0.4, 0.5) is 4.39 Å². The summed E-state index contributed by atoms with van der Waals surface area (Å²) in [5.41, 5.74) is 6.01. The highest BCUT2D eigenvalue weighted by atomic mass is 79.9. The van der Waals surface area contributed by atoms with Crippen LogP contribution < -0.4 is 10.5 Å². The molecule has 0 spiro atoms. The Hall–Kier alpha value is -1.88. The lowest BCUT2D eigenvalue weighted by molar-refractivity contribution is 0.1000. The summed E-state index contributed by atoms with van der Waals surface area (Å²) in [4.78, 5) is 11.0. The molecule has 98 valence electrons. The van der Waals surface area contributed by atoms with E-state index >= 15 is 0 Å². The van der Waals surface area contributed by atoms with Gasteiger partial charge in [-0.05, 0) is 40.2 Å². The van der Waals surface area contributed by atoms with E-state index in [4.69, 9.17) is 10.5 Å². The highest BCUT2D eigenvalue weighted by molar-refractivity contribution is 9.10. The Labute approximate surface area is 118 Å². The van der Waals surface area contributed by atoms with Crippen molar-refractivity contribution in [1.82, 2.24) is 0 Å². The summed E-state index contributed by atoms with van der Waals surface area (Å²) < 4.78 is 19.5. The number of nitrogens with two attached hydrogens (primary N) is 1. The van der Waals surface area contributed by atoms with Gasteiger partial charge in [-0.1, -0.05) is 18.2 Å². The number of rotatable bonds is 4. The number of amides is 1. The van der Waals surface area contributed by atoms with Gasteiger partial charge in [0.15, 0.2) is 0 Å². The quantitative estimate of drug-likeness (QED) is 0.938. The van der Waals surface area contributed by atoms with Gasteiger partial charge in [0, 0.05) is 11.1 Å². The molecular formula is C14H11BrFNO2. The molecule has 2 N–H and O–H groups in total. The van der Waals surface area contributed by atoms with Crippen LogP contribution >= 0.6 is 15.9 Å². The zero-order valence-corrected chi connectivity index (χ0v) is 11.5. The molecule has 0 aliphatic rings. The first-order valence-electron chi connectivity index (χ1n) is 5.53. The van der Waals surface area contributed by atoms with E-state index in [0.717, 1.165) is 0 Å². The van der Waals surface area contributed by atoms with Crippen molar-refractivity contribution in [3.63, 3.8) is 0 Å². The van der Waals surface area contributed by atoms with Gasteiger partial charge >= 0.3 is 0 Å². The van der Waals surface area contributed by atoms with Crippen molar-refractivity contribution in [2.24, 2.45) is 5.73 Å². The molecule has 19 heavy (non-hydrogen) atoms. The number of hydrogen-bond acceptors (Lipinski definition) is 2. The van der Waals surface area contributed by atoms with Crippen LogP contribution in [0.5, 0.6) is 5.75 Å². The molecule has 0 heterocycles.